The summed E-state index contributed by atoms with van der Waals surface area (Å²) in [6.45, 7) is 6.51. The van der Waals surface area contributed by atoms with Crippen molar-refractivity contribution in [2.45, 2.75) is 26.3 Å². The van der Waals surface area contributed by atoms with Gasteiger partial charge in [0.1, 0.15) is 0 Å². The number of piperazine rings is 1. The molecule has 1 rings (SSSR count). The monoisotopic (exact) mass is 293 g/mol. The van der Waals surface area contributed by atoms with Gasteiger partial charge in [-0.05, 0) is 13.8 Å². The molecule has 0 unspecified atom stereocenters. The summed E-state index contributed by atoms with van der Waals surface area (Å²) < 4.78 is 27.0. The van der Waals surface area contributed by atoms with Gasteiger partial charge in [-0.2, -0.15) is 17.0 Å². The van der Waals surface area contributed by atoms with Crippen molar-refractivity contribution in [3.05, 3.63) is 0 Å². The minimum absolute atomic E-state index is 0.00205. The van der Waals surface area contributed by atoms with E-state index in [1.807, 2.05) is 0 Å². The van der Waals surface area contributed by atoms with Crippen LogP contribution in [0, 0.1) is 0 Å². The molecule has 19 heavy (non-hydrogen) atoms. The van der Waals surface area contributed by atoms with Crippen LogP contribution >= 0.6 is 0 Å². The maximum atomic E-state index is 12.2. The third-order valence-electron chi connectivity index (χ3n) is 3.36. The molecule has 0 aromatic heterocycles. The molecule has 1 saturated heterocycles. The van der Waals surface area contributed by atoms with E-state index in [-0.39, 0.29) is 13.0 Å². The van der Waals surface area contributed by atoms with Gasteiger partial charge in [-0.3, -0.25) is 9.69 Å². The summed E-state index contributed by atoms with van der Waals surface area (Å²) in [7, 11) is -2.11. The molecular formula is C11H23N3O4S. The van der Waals surface area contributed by atoms with Crippen LogP contribution in [0.5, 0.6) is 0 Å². The minimum atomic E-state index is -3.53. The van der Waals surface area contributed by atoms with Crippen molar-refractivity contribution < 1.29 is 18.3 Å². The third kappa shape index (κ3) is 4.41. The topological polar surface area (TPSA) is 81.2 Å². The molecule has 0 saturated carbocycles. The number of nitrogens with zero attached hydrogens (tertiary/aromatic N) is 3. The fraction of sp³-hybridized carbons (Fsp3) is 0.909. The van der Waals surface area contributed by atoms with Crippen LogP contribution in [-0.4, -0.2) is 78.8 Å². The Morgan fingerprint density at radius 2 is 1.79 bits per heavy atom. The van der Waals surface area contributed by atoms with Crippen molar-refractivity contribution in [3.8, 4) is 0 Å². The molecule has 0 radical (unpaired) electrons. The van der Waals surface area contributed by atoms with Gasteiger partial charge in [0.25, 0.3) is 10.2 Å². The quantitative estimate of drug-likeness (QED) is 0.725. The zero-order valence-electron chi connectivity index (χ0n) is 11.7. The molecule has 1 aliphatic heterocycles. The Morgan fingerprint density at radius 1 is 1.26 bits per heavy atom. The second-order valence-corrected chi connectivity index (χ2v) is 7.04. The largest absolute Gasteiger partial charge is 0.481 e. The first-order valence-electron chi connectivity index (χ1n) is 6.42. The molecule has 0 atom stereocenters. The van der Waals surface area contributed by atoms with Crippen molar-refractivity contribution in [1.82, 2.24) is 13.5 Å². The van der Waals surface area contributed by atoms with E-state index in [4.69, 9.17) is 5.11 Å². The van der Waals surface area contributed by atoms with Crippen molar-refractivity contribution in [1.29, 1.82) is 0 Å². The predicted molar refractivity (Wildman–Crippen MR) is 72.1 cm³/mol. The van der Waals surface area contributed by atoms with Gasteiger partial charge >= 0.3 is 5.97 Å². The van der Waals surface area contributed by atoms with E-state index in [1.165, 1.54) is 11.4 Å². The van der Waals surface area contributed by atoms with Crippen LogP contribution in [0.1, 0.15) is 20.3 Å². The van der Waals surface area contributed by atoms with E-state index in [1.54, 1.807) is 0 Å². The number of rotatable bonds is 6. The SMILES string of the molecule is CC(C)N1CCN(S(=O)(=O)N(C)CCC(=O)O)CC1. The van der Waals surface area contributed by atoms with Crippen molar-refractivity contribution in [2.75, 3.05) is 39.8 Å². The first-order valence-corrected chi connectivity index (χ1v) is 7.82. The molecule has 0 spiro atoms. The lowest BCUT2D eigenvalue weighted by atomic mass is 10.3. The third-order valence-corrected chi connectivity index (χ3v) is 5.35. The van der Waals surface area contributed by atoms with Crippen LogP contribution in [0.4, 0.5) is 0 Å². The second kappa shape index (κ2) is 6.65. The minimum Gasteiger partial charge on any atom is -0.481 e. The van der Waals surface area contributed by atoms with E-state index in [0.717, 1.165) is 4.31 Å². The molecule has 0 bridgehead atoms. The van der Waals surface area contributed by atoms with Crippen LogP contribution in [0.3, 0.4) is 0 Å². The van der Waals surface area contributed by atoms with Gasteiger partial charge in [-0.1, -0.05) is 0 Å². The average molecular weight is 293 g/mol. The molecule has 0 amide bonds. The highest BCUT2D eigenvalue weighted by Gasteiger charge is 2.30. The van der Waals surface area contributed by atoms with Crippen LogP contribution in [-0.2, 0) is 15.0 Å². The average Bonchev–Trinajstić information content (AvgIpc) is 2.35. The highest BCUT2D eigenvalue weighted by atomic mass is 32.2. The number of carbonyl (C=O) groups is 1. The van der Waals surface area contributed by atoms with Crippen LogP contribution in [0.2, 0.25) is 0 Å². The maximum Gasteiger partial charge on any atom is 0.304 e. The first-order chi connectivity index (χ1) is 8.75. The lowest BCUT2D eigenvalue weighted by Crippen LogP contribution is -2.53. The Morgan fingerprint density at radius 3 is 2.21 bits per heavy atom. The number of aliphatic carboxylic acids is 1. The fourth-order valence-electron chi connectivity index (χ4n) is 2.02. The van der Waals surface area contributed by atoms with Crippen molar-refractivity contribution in [3.63, 3.8) is 0 Å². The molecular weight excluding hydrogens is 270 g/mol. The Bertz CT molecular complexity index is 402. The van der Waals surface area contributed by atoms with Crippen LogP contribution < -0.4 is 0 Å². The Balaban J connectivity index is 2.57. The number of hydrogen-bond donors (Lipinski definition) is 1. The zero-order chi connectivity index (χ0) is 14.6. The molecule has 8 heteroatoms. The lowest BCUT2D eigenvalue weighted by molar-refractivity contribution is -0.137. The smallest absolute Gasteiger partial charge is 0.304 e. The van der Waals surface area contributed by atoms with Gasteiger partial charge in [-0.15, -0.1) is 0 Å². The van der Waals surface area contributed by atoms with Crippen LogP contribution in [0.15, 0.2) is 0 Å². The molecule has 1 aliphatic rings. The van der Waals surface area contributed by atoms with E-state index in [2.05, 4.69) is 18.7 Å². The molecule has 0 aromatic rings. The molecule has 7 nitrogen and oxygen atoms in total. The van der Waals surface area contributed by atoms with Gasteiger partial charge in [0.2, 0.25) is 0 Å². The van der Waals surface area contributed by atoms with E-state index in [0.29, 0.717) is 32.2 Å². The lowest BCUT2D eigenvalue weighted by Gasteiger charge is -2.37. The highest BCUT2D eigenvalue weighted by Crippen LogP contribution is 2.12. The predicted octanol–water partition coefficient (Wildman–Crippen LogP) is -0.336. The van der Waals surface area contributed by atoms with Gasteiger partial charge in [0.05, 0.1) is 6.42 Å². The van der Waals surface area contributed by atoms with Crippen molar-refractivity contribution in [2.24, 2.45) is 0 Å². The van der Waals surface area contributed by atoms with Gasteiger partial charge in [0, 0.05) is 45.8 Å². The summed E-state index contributed by atoms with van der Waals surface area (Å²) in [4.78, 5) is 12.7. The Hall–Kier alpha value is -0.700. The van der Waals surface area contributed by atoms with Gasteiger partial charge < -0.3 is 5.11 Å². The highest BCUT2D eigenvalue weighted by molar-refractivity contribution is 7.86. The number of carboxylic acids is 1. The molecule has 0 aromatic carbocycles. The maximum absolute atomic E-state index is 12.2. The summed E-state index contributed by atoms with van der Waals surface area (Å²) in [5.41, 5.74) is 0. The summed E-state index contributed by atoms with van der Waals surface area (Å²) in [5.74, 6) is -0.994. The van der Waals surface area contributed by atoms with Crippen LogP contribution in [0.25, 0.3) is 0 Å². The summed E-state index contributed by atoms with van der Waals surface area (Å²) in [6, 6.07) is 0.412. The molecule has 112 valence electrons. The Labute approximate surface area is 115 Å². The van der Waals surface area contributed by atoms with E-state index < -0.39 is 16.2 Å². The van der Waals surface area contributed by atoms with E-state index >= 15 is 0 Å². The fourth-order valence-corrected chi connectivity index (χ4v) is 3.36. The van der Waals surface area contributed by atoms with Crippen molar-refractivity contribution >= 4 is 16.2 Å². The standard InChI is InChI=1S/C11H23N3O4S/c1-10(2)13-6-8-14(9-7-13)19(17,18)12(3)5-4-11(15)16/h10H,4-9H2,1-3H3,(H,15,16). The summed E-state index contributed by atoms with van der Waals surface area (Å²) in [6.07, 6.45) is -0.179. The molecule has 1 heterocycles. The number of hydrogen-bond acceptors (Lipinski definition) is 4. The first kappa shape index (κ1) is 16.4. The molecule has 0 aliphatic carbocycles. The summed E-state index contributed by atoms with van der Waals surface area (Å²) >= 11 is 0. The molecule has 1 N–H and O–H groups in total. The second-order valence-electron chi connectivity index (χ2n) is 5.00. The molecule has 1 fully saturated rings. The summed E-state index contributed by atoms with van der Waals surface area (Å²) in [5, 5.41) is 8.59. The Kier molecular flexibility index (Phi) is 5.72. The van der Waals surface area contributed by atoms with Gasteiger partial charge in [0.15, 0.2) is 0 Å². The van der Waals surface area contributed by atoms with Gasteiger partial charge in [-0.25, -0.2) is 0 Å². The number of carboxylic acid groups (broad SMARTS) is 1. The zero-order valence-corrected chi connectivity index (χ0v) is 12.6. The normalized spacial score (nSPS) is 19.2. The van der Waals surface area contributed by atoms with E-state index in [9.17, 15) is 13.2 Å².